The molecule has 2 saturated carbocycles. The van der Waals surface area contributed by atoms with Gasteiger partial charge in [-0.1, -0.05) is 6.42 Å². The first-order valence-corrected chi connectivity index (χ1v) is 8.80. The smallest absolute Gasteiger partial charge is 0.220 e. The van der Waals surface area contributed by atoms with Crippen LogP contribution in [0.3, 0.4) is 0 Å². The van der Waals surface area contributed by atoms with Crippen LogP contribution in [0, 0.1) is 11.8 Å². The molecule has 5 nitrogen and oxygen atoms in total. The minimum atomic E-state index is 0.181. The lowest BCUT2D eigenvalue weighted by atomic mass is 9.85. The van der Waals surface area contributed by atoms with Crippen molar-refractivity contribution in [3.8, 4) is 0 Å². The summed E-state index contributed by atoms with van der Waals surface area (Å²) in [6.45, 7) is 4.94. The van der Waals surface area contributed by atoms with E-state index in [1.165, 1.54) is 38.6 Å². The largest absolute Gasteiger partial charge is 0.350 e. The van der Waals surface area contributed by atoms with Crippen molar-refractivity contribution >= 4 is 5.91 Å². The van der Waals surface area contributed by atoms with Crippen LogP contribution in [-0.2, 0) is 24.4 Å². The summed E-state index contributed by atoms with van der Waals surface area (Å²) >= 11 is 0. The van der Waals surface area contributed by atoms with E-state index >= 15 is 0 Å². The molecule has 2 fully saturated rings. The molecule has 0 unspecified atom stereocenters. The Bertz CT molecular complexity index is 545. The molecule has 1 amide bonds. The number of nitrogens with one attached hydrogen (secondary N) is 1. The fourth-order valence-electron chi connectivity index (χ4n) is 3.49. The standard InChI is InChI=1S/C17H26N4O/c22-17(8-13-4-5-13)18-9-15-11-21-7-6-20(12-16(21)19-15)10-14-2-1-3-14/h11,13-14H,1-10,12H2,(H,18,22). The topological polar surface area (TPSA) is 50.2 Å². The Morgan fingerprint density at radius 1 is 1.23 bits per heavy atom. The highest BCUT2D eigenvalue weighted by atomic mass is 16.1. The number of aromatic nitrogens is 2. The molecule has 4 rings (SSSR count). The van der Waals surface area contributed by atoms with Gasteiger partial charge in [-0.15, -0.1) is 0 Å². The van der Waals surface area contributed by atoms with Gasteiger partial charge in [0.1, 0.15) is 5.82 Å². The van der Waals surface area contributed by atoms with E-state index in [-0.39, 0.29) is 5.91 Å². The number of imidazole rings is 1. The van der Waals surface area contributed by atoms with Crippen LogP contribution in [0.2, 0.25) is 0 Å². The molecule has 0 aromatic carbocycles. The zero-order valence-electron chi connectivity index (χ0n) is 13.3. The maximum atomic E-state index is 11.8. The van der Waals surface area contributed by atoms with Crippen molar-refractivity contribution in [3.05, 3.63) is 17.7 Å². The van der Waals surface area contributed by atoms with Crippen LogP contribution in [0.4, 0.5) is 0 Å². The molecule has 2 aliphatic carbocycles. The van der Waals surface area contributed by atoms with Crippen LogP contribution < -0.4 is 5.32 Å². The molecule has 3 aliphatic rings. The second kappa shape index (κ2) is 6.03. The molecule has 1 aromatic rings. The molecule has 0 spiro atoms. The minimum absolute atomic E-state index is 0.181. The second-order valence-electron chi connectivity index (χ2n) is 7.30. The van der Waals surface area contributed by atoms with Crippen molar-refractivity contribution in [2.24, 2.45) is 11.8 Å². The maximum Gasteiger partial charge on any atom is 0.220 e. The summed E-state index contributed by atoms with van der Waals surface area (Å²) in [7, 11) is 0. The van der Waals surface area contributed by atoms with E-state index in [1.54, 1.807) is 0 Å². The van der Waals surface area contributed by atoms with Crippen molar-refractivity contribution in [2.75, 3.05) is 13.1 Å². The maximum absolute atomic E-state index is 11.8. The normalized spacial score (nSPS) is 22.2. The van der Waals surface area contributed by atoms with Gasteiger partial charge in [0.2, 0.25) is 5.91 Å². The van der Waals surface area contributed by atoms with Crippen LogP contribution in [0.5, 0.6) is 0 Å². The summed E-state index contributed by atoms with van der Waals surface area (Å²) in [5.41, 5.74) is 1.00. The summed E-state index contributed by atoms with van der Waals surface area (Å²) in [4.78, 5) is 19.0. The Labute approximate surface area is 132 Å². The number of hydrogen-bond donors (Lipinski definition) is 1. The van der Waals surface area contributed by atoms with Gasteiger partial charge < -0.3 is 9.88 Å². The van der Waals surface area contributed by atoms with Crippen molar-refractivity contribution in [1.82, 2.24) is 19.8 Å². The van der Waals surface area contributed by atoms with Gasteiger partial charge in [-0.05, 0) is 37.5 Å². The predicted octanol–water partition coefficient (Wildman–Crippen LogP) is 1.92. The Kier molecular flexibility index (Phi) is 3.90. The van der Waals surface area contributed by atoms with Crippen LogP contribution in [0.1, 0.15) is 50.0 Å². The third-order valence-electron chi connectivity index (χ3n) is 5.31. The van der Waals surface area contributed by atoms with Crippen molar-refractivity contribution in [2.45, 2.75) is 58.2 Å². The number of rotatable bonds is 6. The van der Waals surface area contributed by atoms with Gasteiger partial charge in [-0.2, -0.15) is 0 Å². The van der Waals surface area contributed by atoms with E-state index in [2.05, 4.69) is 21.0 Å². The molecule has 0 bridgehead atoms. The predicted molar refractivity (Wildman–Crippen MR) is 84.0 cm³/mol. The van der Waals surface area contributed by atoms with Gasteiger partial charge in [-0.25, -0.2) is 4.98 Å². The number of hydrogen-bond acceptors (Lipinski definition) is 3. The first kappa shape index (κ1) is 14.2. The van der Waals surface area contributed by atoms with Crippen molar-refractivity contribution in [3.63, 3.8) is 0 Å². The third kappa shape index (κ3) is 3.35. The third-order valence-corrected chi connectivity index (χ3v) is 5.31. The van der Waals surface area contributed by atoms with Gasteiger partial charge in [0.15, 0.2) is 0 Å². The number of amides is 1. The molecule has 0 atom stereocenters. The van der Waals surface area contributed by atoms with Gasteiger partial charge >= 0.3 is 0 Å². The SMILES string of the molecule is O=C(CC1CC1)NCc1cn2c(n1)CN(CC1CCC1)CC2. The molecule has 2 heterocycles. The van der Waals surface area contributed by atoms with E-state index < -0.39 is 0 Å². The quantitative estimate of drug-likeness (QED) is 0.873. The molecule has 1 N–H and O–H groups in total. The van der Waals surface area contributed by atoms with E-state index in [0.717, 1.165) is 37.1 Å². The van der Waals surface area contributed by atoms with Crippen LogP contribution in [0.25, 0.3) is 0 Å². The molecule has 22 heavy (non-hydrogen) atoms. The van der Waals surface area contributed by atoms with Crippen LogP contribution >= 0.6 is 0 Å². The minimum Gasteiger partial charge on any atom is -0.350 e. The van der Waals surface area contributed by atoms with Gasteiger partial charge in [-0.3, -0.25) is 9.69 Å². The van der Waals surface area contributed by atoms with Gasteiger partial charge in [0, 0.05) is 32.3 Å². The lowest BCUT2D eigenvalue weighted by Gasteiger charge is -2.34. The van der Waals surface area contributed by atoms with E-state index in [9.17, 15) is 4.79 Å². The Balaban J connectivity index is 1.29. The number of carbonyl (C=O) groups is 1. The second-order valence-corrected chi connectivity index (χ2v) is 7.30. The van der Waals surface area contributed by atoms with E-state index in [1.807, 2.05) is 0 Å². The van der Waals surface area contributed by atoms with E-state index in [4.69, 9.17) is 4.98 Å². The molecule has 1 aromatic heterocycles. The highest BCUT2D eigenvalue weighted by Crippen LogP contribution is 2.32. The molecule has 1 aliphatic heterocycles. The summed E-state index contributed by atoms with van der Waals surface area (Å²) in [5, 5.41) is 3.01. The average Bonchev–Trinajstić information content (AvgIpc) is 3.17. The monoisotopic (exact) mass is 302 g/mol. The number of carbonyl (C=O) groups excluding carboxylic acids is 1. The zero-order valence-corrected chi connectivity index (χ0v) is 13.3. The first-order valence-electron chi connectivity index (χ1n) is 8.80. The molecule has 5 heteroatoms. The summed E-state index contributed by atoms with van der Waals surface area (Å²) in [6.07, 6.45) is 9.49. The van der Waals surface area contributed by atoms with Crippen molar-refractivity contribution < 1.29 is 4.79 Å². The molecule has 0 radical (unpaired) electrons. The molecule has 0 saturated heterocycles. The van der Waals surface area contributed by atoms with Crippen LogP contribution in [-0.4, -0.2) is 33.4 Å². The van der Waals surface area contributed by atoms with Gasteiger partial charge in [0.05, 0.1) is 18.8 Å². The highest BCUT2D eigenvalue weighted by molar-refractivity contribution is 5.76. The zero-order chi connectivity index (χ0) is 14.9. The Morgan fingerprint density at radius 3 is 2.82 bits per heavy atom. The summed E-state index contributed by atoms with van der Waals surface area (Å²) < 4.78 is 2.26. The van der Waals surface area contributed by atoms with Gasteiger partial charge in [0.25, 0.3) is 0 Å². The molecular formula is C17H26N4O. The average molecular weight is 302 g/mol. The lowest BCUT2D eigenvalue weighted by molar-refractivity contribution is -0.121. The first-order chi connectivity index (χ1) is 10.8. The van der Waals surface area contributed by atoms with Crippen LogP contribution in [0.15, 0.2) is 6.20 Å². The molecule has 120 valence electrons. The Hall–Kier alpha value is -1.36. The highest BCUT2D eigenvalue weighted by Gasteiger charge is 2.25. The summed E-state index contributed by atoms with van der Waals surface area (Å²) in [6, 6.07) is 0. The van der Waals surface area contributed by atoms with E-state index in [0.29, 0.717) is 18.9 Å². The number of nitrogens with zero attached hydrogens (tertiary/aromatic N) is 3. The van der Waals surface area contributed by atoms with Crippen molar-refractivity contribution in [1.29, 1.82) is 0 Å². The molecular weight excluding hydrogens is 276 g/mol. The Morgan fingerprint density at radius 2 is 2.09 bits per heavy atom. The fraction of sp³-hybridized carbons (Fsp3) is 0.765. The fourth-order valence-corrected chi connectivity index (χ4v) is 3.49. The summed E-state index contributed by atoms with van der Waals surface area (Å²) in [5.74, 6) is 2.91. The number of fused-ring (bicyclic) bond motifs is 1. The lowest BCUT2D eigenvalue weighted by Crippen LogP contribution is -2.38.